The third-order valence-corrected chi connectivity index (χ3v) is 3.47. The fourth-order valence-electron chi connectivity index (χ4n) is 2.55. The Labute approximate surface area is 155 Å². The molecule has 0 atom stereocenters. The topological polar surface area (TPSA) is 70.7 Å². The van der Waals surface area contributed by atoms with Gasteiger partial charge in [-0.2, -0.15) is 15.4 Å². The number of H-pyrrole nitrogens is 1. The van der Waals surface area contributed by atoms with E-state index < -0.39 is 0 Å². The molecule has 0 saturated heterocycles. The maximum absolute atomic E-state index is 8.81. The van der Waals surface area contributed by atoms with Gasteiger partial charge < -0.3 is 10.1 Å². The number of hydrogen-bond acceptors (Lipinski definition) is 4. The summed E-state index contributed by atoms with van der Waals surface area (Å²) in [6, 6.07) is 16.5. The van der Waals surface area contributed by atoms with E-state index in [1.165, 1.54) is 12.5 Å². The second-order valence-corrected chi connectivity index (χ2v) is 4.81. The van der Waals surface area contributed by atoms with Crippen molar-refractivity contribution < 1.29 is 4.79 Å². The number of carbonyl (C=O) groups excluding carboxylic acids is 1. The van der Waals surface area contributed by atoms with Crippen molar-refractivity contribution in [1.82, 2.24) is 15.4 Å². The van der Waals surface area contributed by atoms with Crippen LogP contribution in [0.25, 0.3) is 22.5 Å². The molecule has 5 nitrogen and oxygen atoms in total. The molecule has 0 aliphatic carbocycles. The number of anilines is 1. The minimum absolute atomic E-state index is 0.750. The molecule has 2 N–H and O–H groups in total. The molecule has 0 spiro atoms. The maximum atomic E-state index is 8.81. The van der Waals surface area contributed by atoms with E-state index in [0.717, 1.165) is 41.0 Å². The predicted molar refractivity (Wildman–Crippen MR) is 109 cm³/mol. The van der Waals surface area contributed by atoms with Crippen molar-refractivity contribution in [1.29, 1.82) is 0 Å². The molecule has 0 unspecified atom stereocenters. The highest BCUT2D eigenvalue weighted by Gasteiger charge is 2.19. The molecule has 0 radical (unpaired) electrons. The van der Waals surface area contributed by atoms with Crippen LogP contribution in [0.2, 0.25) is 0 Å². The third kappa shape index (κ3) is 4.79. The number of para-hydroxylation sites is 1. The lowest BCUT2D eigenvalue weighted by Crippen LogP contribution is -2.05. The number of nitrogens with one attached hydrogen (secondary N) is 2. The Morgan fingerprint density at radius 2 is 1.35 bits per heavy atom. The zero-order valence-corrected chi connectivity index (χ0v) is 16.2. The second-order valence-electron chi connectivity index (χ2n) is 4.81. The van der Waals surface area contributed by atoms with Gasteiger partial charge in [0, 0.05) is 23.4 Å². The molecule has 0 saturated carbocycles. The Balaban J connectivity index is 0.000000431. The summed E-state index contributed by atoms with van der Waals surface area (Å²) < 4.78 is 0. The Bertz CT molecular complexity index is 734. The van der Waals surface area contributed by atoms with Crippen LogP contribution in [-0.2, 0) is 11.3 Å². The highest BCUT2D eigenvalue weighted by molar-refractivity contribution is 5.87. The summed E-state index contributed by atoms with van der Waals surface area (Å²) in [5, 5.41) is 14.9. The molecule has 0 bridgehead atoms. The summed E-state index contributed by atoms with van der Waals surface area (Å²) in [5.41, 5.74) is 6.35. The van der Waals surface area contributed by atoms with Gasteiger partial charge in [-0.05, 0) is 18.6 Å². The van der Waals surface area contributed by atoms with E-state index in [2.05, 4.69) is 45.0 Å². The van der Waals surface area contributed by atoms with Crippen LogP contribution in [0.4, 0.5) is 5.69 Å². The highest BCUT2D eigenvalue weighted by Crippen LogP contribution is 2.36. The minimum Gasteiger partial charge on any atom is -0.380 e. The lowest BCUT2D eigenvalue weighted by atomic mass is 9.97. The second kappa shape index (κ2) is 11.6. The Morgan fingerprint density at radius 1 is 0.846 bits per heavy atom. The Hall–Kier alpha value is -2.95. The fraction of sp³-hybridized carbons (Fsp3) is 0.286. The molecular formula is C21H28N4O. The van der Waals surface area contributed by atoms with Gasteiger partial charge in [-0.15, -0.1) is 0 Å². The van der Waals surface area contributed by atoms with Crippen molar-refractivity contribution in [2.45, 2.75) is 41.2 Å². The smallest absolute Gasteiger partial charge is 0.122 e. The zero-order valence-electron chi connectivity index (χ0n) is 16.2. The largest absolute Gasteiger partial charge is 0.380 e. The van der Waals surface area contributed by atoms with E-state index in [-0.39, 0.29) is 0 Å². The lowest BCUT2D eigenvalue weighted by molar-refractivity contribution is -0.106. The van der Waals surface area contributed by atoms with Crippen molar-refractivity contribution in [2.24, 2.45) is 0 Å². The molecular weight excluding hydrogens is 324 g/mol. The van der Waals surface area contributed by atoms with Crippen molar-refractivity contribution in [3.8, 4) is 22.5 Å². The van der Waals surface area contributed by atoms with Crippen LogP contribution in [0.5, 0.6) is 0 Å². The Kier molecular flexibility index (Phi) is 9.39. The first-order valence-electron chi connectivity index (χ1n) is 9.07. The van der Waals surface area contributed by atoms with Crippen molar-refractivity contribution >= 4 is 12.0 Å². The number of fused-ring (bicyclic) bond motifs is 5. The van der Waals surface area contributed by atoms with Gasteiger partial charge in [-0.3, -0.25) is 0 Å². The molecule has 1 aliphatic rings. The molecule has 26 heavy (non-hydrogen) atoms. The van der Waals surface area contributed by atoms with Crippen molar-refractivity contribution in [3.05, 3.63) is 54.1 Å². The van der Waals surface area contributed by atoms with Crippen LogP contribution in [0.1, 0.15) is 40.2 Å². The minimum atomic E-state index is 0.750. The first kappa shape index (κ1) is 21.1. The number of hydrogen-bond donors (Lipinski definition) is 2. The van der Waals surface area contributed by atoms with Crippen LogP contribution in [0, 0.1) is 0 Å². The molecule has 4 rings (SSSR count). The molecule has 0 amide bonds. The predicted octanol–water partition coefficient (Wildman–Crippen LogP) is 5.32. The van der Waals surface area contributed by atoms with E-state index in [4.69, 9.17) is 4.79 Å². The van der Waals surface area contributed by atoms with Crippen LogP contribution in [0.3, 0.4) is 0 Å². The number of carbonyl (C=O) groups is 1. The zero-order chi connectivity index (χ0) is 19.4. The molecule has 5 heteroatoms. The van der Waals surface area contributed by atoms with Gasteiger partial charge in [0.05, 0.1) is 0 Å². The fourth-order valence-corrected chi connectivity index (χ4v) is 2.55. The summed E-state index contributed by atoms with van der Waals surface area (Å²) in [4.78, 5) is 8.81. The van der Waals surface area contributed by atoms with E-state index in [9.17, 15) is 0 Å². The SMILES string of the molecule is CC.CC.CC=O.c1ccc2c(c1)CNc1ccccc1-c1n[nH]nc1-2. The van der Waals surface area contributed by atoms with Crippen LogP contribution >= 0.6 is 0 Å². The average molecular weight is 352 g/mol. The molecule has 1 aliphatic heterocycles. The quantitative estimate of drug-likeness (QED) is 0.537. The van der Waals surface area contributed by atoms with E-state index >= 15 is 0 Å². The summed E-state index contributed by atoms with van der Waals surface area (Å²) in [5.74, 6) is 0. The monoisotopic (exact) mass is 352 g/mol. The number of aromatic nitrogens is 3. The van der Waals surface area contributed by atoms with Gasteiger partial charge >= 0.3 is 0 Å². The van der Waals surface area contributed by atoms with Crippen LogP contribution in [-0.4, -0.2) is 21.7 Å². The molecule has 2 heterocycles. The molecule has 2 aromatic carbocycles. The summed E-state index contributed by atoms with van der Waals surface area (Å²) in [6.07, 6.45) is 0.750. The van der Waals surface area contributed by atoms with Crippen molar-refractivity contribution in [3.63, 3.8) is 0 Å². The van der Waals surface area contributed by atoms with Gasteiger partial charge in [-0.1, -0.05) is 70.2 Å². The van der Waals surface area contributed by atoms with Gasteiger partial charge in [0.2, 0.25) is 0 Å². The van der Waals surface area contributed by atoms with Gasteiger partial charge in [0.25, 0.3) is 0 Å². The Morgan fingerprint density at radius 3 is 2.00 bits per heavy atom. The van der Waals surface area contributed by atoms with E-state index in [1.54, 1.807) is 0 Å². The highest BCUT2D eigenvalue weighted by atomic mass is 16.1. The summed E-state index contributed by atoms with van der Waals surface area (Å²) in [7, 11) is 0. The number of benzene rings is 2. The molecule has 3 aromatic rings. The molecule has 138 valence electrons. The van der Waals surface area contributed by atoms with Crippen LogP contribution < -0.4 is 5.32 Å². The van der Waals surface area contributed by atoms with E-state index in [1.807, 2.05) is 52.0 Å². The number of aromatic amines is 1. The average Bonchev–Trinajstić information content (AvgIpc) is 3.18. The number of rotatable bonds is 0. The normalized spacial score (nSPS) is 10.0. The first-order valence-corrected chi connectivity index (χ1v) is 9.07. The summed E-state index contributed by atoms with van der Waals surface area (Å²) in [6.45, 7) is 10.2. The van der Waals surface area contributed by atoms with Gasteiger partial charge in [0.1, 0.15) is 17.7 Å². The van der Waals surface area contributed by atoms with Crippen LogP contribution in [0.15, 0.2) is 48.5 Å². The number of nitrogens with zero attached hydrogens (tertiary/aromatic N) is 2. The van der Waals surface area contributed by atoms with E-state index in [0.29, 0.717) is 0 Å². The van der Waals surface area contributed by atoms with Crippen molar-refractivity contribution in [2.75, 3.05) is 5.32 Å². The number of aldehydes is 1. The standard InChI is InChI=1S/C15H12N4.C2H4O.2C2H6/c1-2-6-11-10(5-1)9-16-13-8-4-3-7-12(13)15-14(11)17-19-18-15;1-2-3;2*1-2/h1-8,16H,9H2,(H,17,18,19);2H,1H3;2*1-2H3. The van der Waals surface area contributed by atoms with Gasteiger partial charge in [-0.25, -0.2) is 0 Å². The molecule has 0 fully saturated rings. The third-order valence-electron chi connectivity index (χ3n) is 3.47. The molecule has 1 aromatic heterocycles. The summed E-state index contributed by atoms with van der Waals surface area (Å²) >= 11 is 0. The first-order chi connectivity index (χ1) is 12.8. The van der Waals surface area contributed by atoms with Gasteiger partial charge in [0.15, 0.2) is 0 Å². The lowest BCUT2D eigenvalue weighted by Gasteiger charge is -2.17. The maximum Gasteiger partial charge on any atom is 0.122 e.